The van der Waals surface area contributed by atoms with Gasteiger partial charge in [0.05, 0.1) is 23.3 Å². The van der Waals surface area contributed by atoms with E-state index in [2.05, 4.69) is 29.8 Å². The van der Waals surface area contributed by atoms with E-state index in [1.807, 2.05) is 42.5 Å². The topological polar surface area (TPSA) is 49.9 Å². The van der Waals surface area contributed by atoms with Crippen molar-refractivity contribution in [3.63, 3.8) is 0 Å². The Bertz CT molecular complexity index is 853. The number of amides is 2. The van der Waals surface area contributed by atoms with E-state index >= 15 is 0 Å². The lowest BCUT2D eigenvalue weighted by Crippen LogP contribution is -2.41. The first-order valence-corrected chi connectivity index (χ1v) is 9.91. The van der Waals surface area contributed by atoms with E-state index < -0.39 is 12.0 Å². The maximum absolute atomic E-state index is 13.2. The third kappa shape index (κ3) is 3.17. The van der Waals surface area contributed by atoms with Crippen molar-refractivity contribution in [1.29, 1.82) is 0 Å². The number of imide groups is 1. The number of anilines is 2. The number of para-hydroxylation sites is 1. The minimum atomic E-state index is -0.773. The SMILES string of the molecule is CC(C)C[C@@H]1[C@@H]2C(=O)N(c3ccc(Br)cc3)C(=O)[C@H]2ON1c1ccccc1. The van der Waals surface area contributed by atoms with Crippen LogP contribution in [0.5, 0.6) is 0 Å². The Morgan fingerprint density at radius 1 is 0.963 bits per heavy atom. The van der Waals surface area contributed by atoms with Gasteiger partial charge in [0.2, 0.25) is 5.91 Å². The second-order valence-corrected chi connectivity index (χ2v) is 8.31. The molecule has 0 aliphatic carbocycles. The predicted octanol–water partition coefficient (Wildman–Crippen LogP) is 4.17. The van der Waals surface area contributed by atoms with E-state index in [0.29, 0.717) is 11.6 Å². The maximum Gasteiger partial charge on any atom is 0.266 e. The molecule has 0 spiro atoms. The summed E-state index contributed by atoms with van der Waals surface area (Å²) >= 11 is 3.38. The highest BCUT2D eigenvalue weighted by Gasteiger charge is 2.59. The fourth-order valence-corrected chi connectivity index (χ4v) is 4.15. The summed E-state index contributed by atoms with van der Waals surface area (Å²) in [5.74, 6) is -0.604. The first-order valence-electron chi connectivity index (χ1n) is 9.12. The summed E-state index contributed by atoms with van der Waals surface area (Å²) in [7, 11) is 0. The Kier molecular flexibility index (Phi) is 4.78. The normalized spacial score (nSPS) is 24.8. The average molecular weight is 429 g/mol. The molecule has 5 nitrogen and oxygen atoms in total. The monoisotopic (exact) mass is 428 g/mol. The highest BCUT2D eigenvalue weighted by Crippen LogP contribution is 2.42. The molecule has 0 radical (unpaired) electrons. The molecule has 0 unspecified atom stereocenters. The second kappa shape index (κ2) is 7.09. The van der Waals surface area contributed by atoms with Crippen molar-refractivity contribution in [3.05, 3.63) is 59.1 Å². The van der Waals surface area contributed by atoms with Crippen LogP contribution in [0.1, 0.15) is 20.3 Å². The van der Waals surface area contributed by atoms with Crippen LogP contribution >= 0.6 is 15.9 Å². The maximum atomic E-state index is 13.2. The minimum Gasteiger partial charge on any atom is -0.273 e. The molecule has 0 saturated carbocycles. The van der Waals surface area contributed by atoms with Gasteiger partial charge in [0.1, 0.15) is 0 Å². The summed E-state index contributed by atoms with van der Waals surface area (Å²) in [4.78, 5) is 33.6. The van der Waals surface area contributed by atoms with Gasteiger partial charge in [0.15, 0.2) is 6.10 Å². The molecule has 2 fully saturated rings. The van der Waals surface area contributed by atoms with Gasteiger partial charge >= 0.3 is 0 Å². The van der Waals surface area contributed by atoms with Crippen molar-refractivity contribution in [2.24, 2.45) is 11.8 Å². The van der Waals surface area contributed by atoms with Crippen molar-refractivity contribution in [3.8, 4) is 0 Å². The van der Waals surface area contributed by atoms with Crippen molar-refractivity contribution in [1.82, 2.24) is 0 Å². The van der Waals surface area contributed by atoms with E-state index in [-0.39, 0.29) is 17.9 Å². The van der Waals surface area contributed by atoms with Crippen LogP contribution in [0, 0.1) is 11.8 Å². The molecule has 2 aliphatic rings. The fourth-order valence-electron chi connectivity index (χ4n) is 3.89. The predicted molar refractivity (Wildman–Crippen MR) is 107 cm³/mol. The van der Waals surface area contributed by atoms with Crippen molar-refractivity contribution in [2.45, 2.75) is 32.4 Å². The average Bonchev–Trinajstić information content (AvgIpc) is 3.13. The molecular weight excluding hydrogens is 408 g/mol. The van der Waals surface area contributed by atoms with Crippen LogP contribution in [0.15, 0.2) is 59.1 Å². The first kappa shape index (κ1) is 18.2. The van der Waals surface area contributed by atoms with Crippen molar-refractivity contribution in [2.75, 3.05) is 9.96 Å². The molecule has 2 aromatic rings. The number of halogens is 1. The van der Waals surface area contributed by atoms with Crippen LogP contribution in [0.3, 0.4) is 0 Å². The number of nitrogens with zero attached hydrogens (tertiary/aromatic N) is 2. The van der Waals surface area contributed by atoms with Crippen molar-refractivity contribution < 1.29 is 14.4 Å². The van der Waals surface area contributed by atoms with E-state index in [4.69, 9.17) is 4.84 Å². The summed E-state index contributed by atoms with van der Waals surface area (Å²) in [5, 5.41) is 1.77. The van der Waals surface area contributed by atoms with E-state index in [0.717, 1.165) is 16.6 Å². The molecule has 0 bridgehead atoms. The number of carbonyl (C=O) groups excluding carboxylic acids is 2. The summed E-state index contributed by atoms with van der Waals surface area (Å²) < 4.78 is 0.898. The number of rotatable bonds is 4. The lowest BCUT2D eigenvalue weighted by molar-refractivity contribution is -0.126. The molecule has 3 atom stereocenters. The Balaban J connectivity index is 1.69. The molecule has 2 heterocycles. The number of hydroxylamine groups is 1. The van der Waals surface area contributed by atoms with Crippen LogP contribution in [0.2, 0.25) is 0 Å². The third-order valence-corrected chi connectivity index (χ3v) is 5.58. The minimum absolute atomic E-state index is 0.172. The number of hydrogen-bond donors (Lipinski definition) is 0. The lowest BCUT2D eigenvalue weighted by atomic mass is 9.90. The zero-order valence-electron chi connectivity index (χ0n) is 15.2. The number of hydrogen-bond acceptors (Lipinski definition) is 4. The molecule has 0 aromatic heterocycles. The van der Waals surface area contributed by atoms with Crippen LogP contribution < -0.4 is 9.96 Å². The lowest BCUT2D eigenvalue weighted by Gasteiger charge is -2.29. The van der Waals surface area contributed by atoms with E-state index in [9.17, 15) is 9.59 Å². The van der Waals surface area contributed by atoms with Crippen molar-refractivity contribution >= 4 is 39.1 Å². The highest BCUT2D eigenvalue weighted by atomic mass is 79.9. The first-order chi connectivity index (χ1) is 13.0. The molecule has 2 saturated heterocycles. The summed E-state index contributed by atoms with van der Waals surface area (Å²) in [6.45, 7) is 4.23. The Hall–Kier alpha value is -2.18. The van der Waals surface area contributed by atoms with Crippen LogP contribution in [-0.4, -0.2) is 24.0 Å². The molecule has 0 N–H and O–H groups in total. The van der Waals surface area contributed by atoms with Gasteiger partial charge in [-0.05, 0) is 48.7 Å². The molecule has 2 aromatic carbocycles. The number of carbonyl (C=O) groups is 2. The molecule has 2 aliphatic heterocycles. The number of benzene rings is 2. The van der Waals surface area contributed by atoms with Gasteiger partial charge in [-0.3, -0.25) is 14.4 Å². The smallest absolute Gasteiger partial charge is 0.266 e. The molecule has 27 heavy (non-hydrogen) atoms. The second-order valence-electron chi connectivity index (χ2n) is 7.40. The highest BCUT2D eigenvalue weighted by molar-refractivity contribution is 9.10. The summed E-state index contributed by atoms with van der Waals surface area (Å²) in [5.41, 5.74) is 1.45. The molecular formula is C21H21BrN2O3. The van der Waals surface area contributed by atoms with Gasteiger partial charge in [-0.1, -0.05) is 48.0 Å². The summed E-state index contributed by atoms with van der Waals surface area (Å²) in [6, 6.07) is 16.7. The Morgan fingerprint density at radius 3 is 2.26 bits per heavy atom. The van der Waals surface area contributed by atoms with Gasteiger partial charge in [-0.15, -0.1) is 0 Å². The van der Waals surface area contributed by atoms with Gasteiger partial charge in [-0.25, -0.2) is 9.96 Å². The molecule has 4 rings (SSSR count). The van der Waals surface area contributed by atoms with Crippen LogP contribution in [0.25, 0.3) is 0 Å². The molecule has 6 heteroatoms. The standard InChI is InChI=1S/C21H21BrN2O3/c1-13(2)12-17-18-19(27-24(17)16-6-4-3-5-7-16)21(26)23(20(18)25)15-10-8-14(22)9-11-15/h3-11,13,17-19H,12H2,1-2H3/t17-,18+,19+/m1/s1. The van der Waals surface area contributed by atoms with Crippen LogP contribution in [0.4, 0.5) is 11.4 Å². The molecule has 2 amide bonds. The Labute approximate surface area is 167 Å². The van der Waals surface area contributed by atoms with Gasteiger partial charge in [0, 0.05) is 4.47 Å². The van der Waals surface area contributed by atoms with Gasteiger partial charge in [-0.2, -0.15) is 0 Å². The quantitative estimate of drug-likeness (QED) is 0.685. The van der Waals surface area contributed by atoms with Gasteiger partial charge < -0.3 is 0 Å². The zero-order chi connectivity index (χ0) is 19.1. The largest absolute Gasteiger partial charge is 0.273 e. The van der Waals surface area contributed by atoms with Crippen LogP contribution in [-0.2, 0) is 14.4 Å². The third-order valence-electron chi connectivity index (χ3n) is 5.05. The Morgan fingerprint density at radius 2 is 1.63 bits per heavy atom. The van der Waals surface area contributed by atoms with Gasteiger partial charge in [0.25, 0.3) is 5.91 Å². The summed E-state index contributed by atoms with van der Waals surface area (Å²) in [6.07, 6.45) is -0.00593. The van der Waals surface area contributed by atoms with E-state index in [1.54, 1.807) is 17.2 Å². The fraction of sp³-hybridized carbons (Fsp3) is 0.333. The molecule has 140 valence electrons. The zero-order valence-corrected chi connectivity index (χ0v) is 16.8. The number of fused-ring (bicyclic) bond motifs is 1. The van der Waals surface area contributed by atoms with E-state index in [1.165, 1.54) is 4.90 Å².